The minimum Gasteiger partial charge on any atom is -0.321 e. The van der Waals surface area contributed by atoms with E-state index in [9.17, 15) is 10.1 Å². The molecule has 3 rings (SSSR count). The number of pyridine rings is 1. The van der Waals surface area contributed by atoms with E-state index in [0.717, 1.165) is 21.2 Å². The largest absolute Gasteiger partial charge is 0.321 e. The summed E-state index contributed by atoms with van der Waals surface area (Å²) in [6.45, 7) is 3.91. The van der Waals surface area contributed by atoms with Crippen LogP contribution in [0.1, 0.15) is 16.8 Å². The molecule has 0 fully saturated rings. The Morgan fingerprint density at radius 2 is 2.12 bits per heavy atom. The Bertz CT molecular complexity index is 1040. The van der Waals surface area contributed by atoms with Gasteiger partial charge in [-0.3, -0.25) is 9.20 Å². The Balaban J connectivity index is 1.93. The number of nitrogens with zero attached hydrogens (tertiary/aromatic N) is 3. The van der Waals surface area contributed by atoms with Gasteiger partial charge >= 0.3 is 0 Å². The number of hydrogen-bond donors (Lipinski definition) is 1. The summed E-state index contributed by atoms with van der Waals surface area (Å²) in [4.78, 5) is 16.7. The van der Waals surface area contributed by atoms with Crippen LogP contribution in [-0.4, -0.2) is 15.3 Å². The summed E-state index contributed by atoms with van der Waals surface area (Å²) < 4.78 is 2.69. The lowest BCUT2D eigenvalue weighted by Crippen LogP contribution is -2.14. The van der Waals surface area contributed by atoms with Gasteiger partial charge in [-0.2, -0.15) is 5.26 Å². The summed E-state index contributed by atoms with van der Waals surface area (Å²) in [5, 5.41) is 12.2. The molecule has 2 heterocycles. The molecule has 5 nitrogen and oxygen atoms in total. The zero-order valence-corrected chi connectivity index (χ0v) is 15.3. The molecule has 0 saturated carbocycles. The molecule has 1 aromatic carbocycles. The number of carbonyl (C=O) groups is 1. The van der Waals surface area contributed by atoms with E-state index in [-0.39, 0.29) is 5.57 Å². The van der Waals surface area contributed by atoms with Crippen molar-refractivity contribution in [3.8, 4) is 6.07 Å². The van der Waals surface area contributed by atoms with Gasteiger partial charge in [0, 0.05) is 16.4 Å². The molecule has 0 atom stereocenters. The number of nitrogens with one attached hydrogen (secondary N) is 1. The zero-order valence-electron chi connectivity index (χ0n) is 13.7. The molecular formula is C19H15BrN4O. The van der Waals surface area contributed by atoms with Crippen LogP contribution in [-0.2, 0) is 4.79 Å². The number of rotatable bonds is 3. The third-order valence-electron chi connectivity index (χ3n) is 3.79. The van der Waals surface area contributed by atoms with Crippen LogP contribution in [0.2, 0.25) is 0 Å². The molecule has 0 radical (unpaired) electrons. The van der Waals surface area contributed by atoms with E-state index < -0.39 is 5.91 Å². The normalized spacial score (nSPS) is 11.4. The van der Waals surface area contributed by atoms with E-state index in [1.165, 1.54) is 6.08 Å². The molecule has 0 spiro atoms. The number of anilines is 1. The molecule has 0 aliphatic carbocycles. The van der Waals surface area contributed by atoms with Crippen LogP contribution in [0.25, 0.3) is 11.7 Å². The average Bonchev–Trinajstić information content (AvgIpc) is 2.97. The van der Waals surface area contributed by atoms with Crippen LogP contribution >= 0.6 is 15.9 Å². The van der Waals surface area contributed by atoms with E-state index in [1.54, 1.807) is 6.20 Å². The van der Waals surface area contributed by atoms with Gasteiger partial charge in [-0.1, -0.05) is 17.7 Å². The van der Waals surface area contributed by atoms with Crippen molar-refractivity contribution in [3.63, 3.8) is 0 Å². The Morgan fingerprint density at radius 3 is 2.84 bits per heavy atom. The topological polar surface area (TPSA) is 70.2 Å². The monoisotopic (exact) mass is 394 g/mol. The molecule has 6 heteroatoms. The number of halogens is 1. The number of fused-ring (bicyclic) bond motifs is 1. The zero-order chi connectivity index (χ0) is 18.0. The van der Waals surface area contributed by atoms with Crippen molar-refractivity contribution in [3.05, 3.63) is 69.6 Å². The molecule has 0 bridgehead atoms. The lowest BCUT2D eigenvalue weighted by atomic mass is 10.1. The fourth-order valence-electron chi connectivity index (χ4n) is 2.52. The van der Waals surface area contributed by atoms with Crippen LogP contribution < -0.4 is 5.32 Å². The highest BCUT2D eigenvalue weighted by atomic mass is 79.9. The second-order valence-electron chi connectivity index (χ2n) is 5.70. The molecule has 0 saturated heterocycles. The molecule has 1 N–H and O–H groups in total. The third kappa shape index (κ3) is 3.62. The smallest absolute Gasteiger partial charge is 0.266 e. The van der Waals surface area contributed by atoms with Crippen LogP contribution in [0.3, 0.4) is 0 Å². The molecular weight excluding hydrogens is 380 g/mol. The lowest BCUT2D eigenvalue weighted by Gasteiger charge is -2.08. The molecule has 0 unspecified atom stereocenters. The maximum Gasteiger partial charge on any atom is 0.266 e. The molecule has 0 aliphatic heterocycles. The minimum absolute atomic E-state index is 0.0155. The van der Waals surface area contributed by atoms with Crippen molar-refractivity contribution in [2.24, 2.45) is 0 Å². The van der Waals surface area contributed by atoms with E-state index in [1.807, 2.05) is 60.8 Å². The van der Waals surface area contributed by atoms with Crippen molar-refractivity contribution in [1.29, 1.82) is 5.26 Å². The van der Waals surface area contributed by atoms with Gasteiger partial charge in [0.15, 0.2) is 0 Å². The maximum atomic E-state index is 12.5. The van der Waals surface area contributed by atoms with E-state index >= 15 is 0 Å². The summed E-state index contributed by atoms with van der Waals surface area (Å²) in [6, 6.07) is 11.4. The molecule has 3 aromatic rings. The van der Waals surface area contributed by atoms with Crippen molar-refractivity contribution in [2.45, 2.75) is 13.8 Å². The van der Waals surface area contributed by atoms with E-state index in [4.69, 9.17) is 0 Å². The summed E-state index contributed by atoms with van der Waals surface area (Å²) in [7, 11) is 0. The minimum atomic E-state index is -0.445. The highest BCUT2D eigenvalue weighted by Crippen LogP contribution is 2.19. The second kappa shape index (κ2) is 6.91. The average molecular weight is 395 g/mol. The highest BCUT2D eigenvalue weighted by molar-refractivity contribution is 9.10. The van der Waals surface area contributed by atoms with Crippen molar-refractivity contribution >= 4 is 39.2 Å². The van der Waals surface area contributed by atoms with Gasteiger partial charge in [0.1, 0.15) is 17.3 Å². The van der Waals surface area contributed by atoms with E-state index in [2.05, 4.69) is 26.2 Å². The lowest BCUT2D eigenvalue weighted by molar-refractivity contribution is -0.112. The van der Waals surface area contributed by atoms with Crippen LogP contribution in [0.15, 0.2) is 52.8 Å². The molecule has 2 aromatic heterocycles. The number of benzene rings is 1. The summed E-state index contributed by atoms with van der Waals surface area (Å²) in [6.07, 6.45) is 5.00. The highest BCUT2D eigenvalue weighted by Gasteiger charge is 2.12. The van der Waals surface area contributed by atoms with Crippen molar-refractivity contribution in [2.75, 3.05) is 5.32 Å². The summed E-state index contributed by atoms with van der Waals surface area (Å²) >= 11 is 3.41. The quantitative estimate of drug-likeness (QED) is 0.532. The van der Waals surface area contributed by atoms with Gasteiger partial charge in [0.2, 0.25) is 0 Å². The van der Waals surface area contributed by atoms with Gasteiger partial charge in [0.05, 0.1) is 11.9 Å². The Hall–Kier alpha value is -2.91. The number of nitriles is 1. The maximum absolute atomic E-state index is 12.5. The predicted molar refractivity (Wildman–Crippen MR) is 101 cm³/mol. The fraction of sp³-hybridized carbons (Fsp3) is 0.105. The van der Waals surface area contributed by atoms with Crippen molar-refractivity contribution in [1.82, 2.24) is 9.38 Å². The van der Waals surface area contributed by atoms with Crippen molar-refractivity contribution < 1.29 is 4.79 Å². The second-order valence-corrected chi connectivity index (χ2v) is 6.62. The van der Waals surface area contributed by atoms with Gasteiger partial charge in [-0.25, -0.2) is 4.98 Å². The molecule has 124 valence electrons. The third-order valence-corrected chi connectivity index (χ3v) is 4.25. The van der Waals surface area contributed by atoms with E-state index in [0.29, 0.717) is 11.4 Å². The Morgan fingerprint density at radius 1 is 1.32 bits per heavy atom. The van der Waals surface area contributed by atoms with Gasteiger partial charge < -0.3 is 5.32 Å². The summed E-state index contributed by atoms with van der Waals surface area (Å²) in [5.41, 5.74) is 4.16. The molecule has 25 heavy (non-hydrogen) atoms. The SMILES string of the molecule is Cc1ccc(NC(=O)C(C#N)=Cc2cnc3ccc(Br)cn23)c(C)c1. The van der Waals surface area contributed by atoms with Gasteiger partial charge in [0.25, 0.3) is 5.91 Å². The number of amides is 1. The van der Waals surface area contributed by atoms with Gasteiger partial charge in [-0.05, 0) is 59.6 Å². The number of imidazole rings is 1. The number of aromatic nitrogens is 2. The Kier molecular flexibility index (Phi) is 4.68. The Labute approximate surface area is 153 Å². The first-order valence-electron chi connectivity index (χ1n) is 7.61. The fourth-order valence-corrected chi connectivity index (χ4v) is 2.86. The van der Waals surface area contributed by atoms with Crippen LogP contribution in [0, 0.1) is 25.2 Å². The first-order chi connectivity index (χ1) is 12.0. The van der Waals surface area contributed by atoms with Crippen LogP contribution in [0.4, 0.5) is 5.69 Å². The predicted octanol–water partition coefficient (Wildman–Crippen LogP) is 4.26. The van der Waals surface area contributed by atoms with Crippen LogP contribution in [0.5, 0.6) is 0 Å². The standard InChI is InChI=1S/C19H15BrN4O/c1-12-3-5-17(13(2)7-12)23-19(25)14(9-21)8-16-10-22-18-6-4-15(20)11-24(16)18/h3-8,10-11H,1-2H3,(H,23,25). The molecule has 0 aliphatic rings. The first kappa shape index (κ1) is 16.9. The number of hydrogen-bond acceptors (Lipinski definition) is 3. The summed E-state index contributed by atoms with van der Waals surface area (Å²) in [5.74, 6) is -0.445. The number of carbonyl (C=O) groups excluding carboxylic acids is 1. The number of aryl methyl sites for hydroxylation is 2. The van der Waals surface area contributed by atoms with Gasteiger partial charge in [-0.15, -0.1) is 0 Å². The molecule has 1 amide bonds. The first-order valence-corrected chi connectivity index (χ1v) is 8.40.